The zero-order valence-corrected chi connectivity index (χ0v) is 15.5. The van der Waals surface area contributed by atoms with E-state index in [1.54, 1.807) is 47.3 Å². The van der Waals surface area contributed by atoms with Gasteiger partial charge in [-0.15, -0.1) is 4.40 Å². The van der Waals surface area contributed by atoms with Crippen molar-refractivity contribution in [2.75, 3.05) is 19.3 Å². The lowest BCUT2D eigenvalue weighted by molar-refractivity contribution is -0.127. The molecule has 1 amide bonds. The Morgan fingerprint density at radius 3 is 2.68 bits per heavy atom. The largest absolute Gasteiger partial charge is 0.335 e. The Morgan fingerprint density at radius 2 is 2.00 bits per heavy atom. The predicted molar refractivity (Wildman–Crippen MR) is 97.8 cm³/mol. The van der Waals surface area contributed by atoms with Crippen molar-refractivity contribution < 1.29 is 13.2 Å². The van der Waals surface area contributed by atoms with Gasteiger partial charge in [-0.1, -0.05) is 23.7 Å². The standard InChI is InChI=1S/C17H18ClN3O3S/c1-12(13-5-7-14(18)8-6-13)20(2)17(22)15-4-3-9-21-10-11-25(23,24)19-16(15)21/h3-9,12H,10-11H2,1-2H3. The molecule has 0 aliphatic carbocycles. The topological polar surface area (TPSA) is 70.1 Å². The monoisotopic (exact) mass is 379 g/mol. The first-order chi connectivity index (χ1) is 11.8. The molecule has 0 spiro atoms. The lowest BCUT2D eigenvalue weighted by Crippen LogP contribution is -2.43. The minimum absolute atomic E-state index is 0.0562. The Kier molecular flexibility index (Phi) is 4.71. The Hall–Kier alpha value is -2.12. The van der Waals surface area contributed by atoms with E-state index in [-0.39, 0.29) is 29.1 Å². The number of amidine groups is 1. The molecule has 2 heterocycles. The van der Waals surface area contributed by atoms with Crippen LogP contribution in [0.3, 0.4) is 0 Å². The quantitative estimate of drug-likeness (QED) is 0.808. The third-order valence-electron chi connectivity index (χ3n) is 4.34. The molecule has 1 aromatic rings. The van der Waals surface area contributed by atoms with Crippen LogP contribution in [0.4, 0.5) is 0 Å². The van der Waals surface area contributed by atoms with Gasteiger partial charge in [-0.25, -0.2) is 8.42 Å². The highest BCUT2D eigenvalue weighted by Gasteiger charge is 2.32. The van der Waals surface area contributed by atoms with Gasteiger partial charge in [0.2, 0.25) is 0 Å². The second kappa shape index (κ2) is 6.65. The first kappa shape index (κ1) is 17.7. The van der Waals surface area contributed by atoms with E-state index in [0.717, 1.165) is 5.56 Å². The fourth-order valence-electron chi connectivity index (χ4n) is 2.71. The molecule has 0 radical (unpaired) electrons. The van der Waals surface area contributed by atoms with Crippen molar-refractivity contribution in [3.8, 4) is 0 Å². The van der Waals surface area contributed by atoms with E-state index in [1.807, 2.05) is 19.1 Å². The van der Waals surface area contributed by atoms with Crippen LogP contribution in [-0.4, -0.2) is 49.3 Å². The zero-order chi connectivity index (χ0) is 18.2. The van der Waals surface area contributed by atoms with E-state index in [2.05, 4.69) is 4.40 Å². The molecule has 0 N–H and O–H groups in total. The number of nitrogens with zero attached hydrogens (tertiary/aromatic N) is 3. The molecule has 132 valence electrons. The number of benzene rings is 1. The molecule has 1 aromatic carbocycles. The lowest BCUT2D eigenvalue weighted by atomic mass is 10.0. The summed E-state index contributed by atoms with van der Waals surface area (Å²) in [5.41, 5.74) is 1.20. The summed E-state index contributed by atoms with van der Waals surface area (Å²) in [6.45, 7) is 2.19. The van der Waals surface area contributed by atoms with Crippen molar-refractivity contribution in [1.29, 1.82) is 0 Å². The van der Waals surface area contributed by atoms with E-state index in [9.17, 15) is 13.2 Å². The second-order valence-corrected chi connectivity index (χ2v) is 8.15. The van der Waals surface area contributed by atoms with Gasteiger partial charge in [0.25, 0.3) is 15.9 Å². The maximum absolute atomic E-state index is 12.9. The molecule has 25 heavy (non-hydrogen) atoms. The number of halogens is 1. The van der Waals surface area contributed by atoms with Crippen LogP contribution < -0.4 is 0 Å². The van der Waals surface area contributed by atoms with Gasteiger partial charge in [0.05, 0.1) is 17.4 Å². The number of carbonyl (C=O) groups excluding carboxylic acids is 1. The van der Waals surface area contributed by atoms with Gasteiger partial charge >= 0.3 is 0 Å². The Morgan fingerprint density at radius 1 is 1.32 bits per heavy atom. The molecule has 2 aliphatic heterocycles. The molecule has 6 nitrogen and oxygen atoms in total. The zero-order valence-electron chi connectivity index (χ0n) is 13.9. The minimum atomic E-state index is -3.54. The van der Waals surface area contributed by atoms with Crippen LogP contribution >= 0.6 is 11.6 Å². The lowest BCUT2D eigenvalue weighted by Gasteiger charge is -2.32. The van der Waals surface area contributed by atoms with Gasteiger partial charge in [-0.2, -0.15) is 0 Å². The summed E-state index contributed by atoms with van der Waals surface area (Å²) in [6.07, 6.45) is 5.06. The summed E-state index contributed by atoms with van der Waals surface area (Å²) < 4.78 is 27.5. The Balaban J connectivity index is 1.88. The van der Waals surface area contributed by atoms with Crippen molar-refractivity contribution >= 4 is 33.4 Å². The summed E-state index contributed by atoms with van der Waals surface area (Å²) in [5, 5.41) is 0.627. The average molecular weight is 380 g/mol. The van der Waals surface area contributed by atoms with Gasteiger partial charge in [0, 0.05) is 24.8 Å². The molecular formula is C17H18ClN3O3S. The van der Waals surface area contributed by atoms with Crippen LogP contribution in [0.5, 0.6) is 0 Å². The van der Waals surface area contributed by atoms with Crippen molar-refractivity contribution in [3.05, 3.63) is 58.8 Å². The minimum Gasteiger partial charge on any atom is -0.335 e. The molecule has 3 rings (SSSR count). The maximum Gasteiger partial charge on any atom is 0.257 e. The van der Waals surface area contributed by atoms with Gasteiger partial charge in [0.15, 0.2) is 5.84 Å². The van der Waals surface area contributed by atoms with Gasteiger partial charge in [-0.3, -0.25) is 4.79 Å². The van der Waals surface area contributed by atoms with Crippen LogP contribution in [0.1, 0.15) is 18.5 Å². The molecule has 8 heteroatoms. The predicted octanol–water partition coefficient (Wildman–Crippen LogP) is 2.36. The number of amides is 1. The molecular weight excluding hydrogens is 362 g/mol. The number of likely N-dealkylation sites (N-methyl/N-ethyl adjacent to an activating group) is 1. The first-order valence-electron chi connectivity index (χ1n) is 7.79. The van der Waals surface area contributed by atoms with Crippen molar-refractivity contribution in [2.24, 2.45) is 4.40 Å². The number of allylic oxidation sites excluding steroid dienone is 2. The molecule has 0 fully saturated rings. The second-order valence-electron chi connectivity index (χ2n) is 5.96. The summed E-state index contributed by atoms with van der Waals surface area (Å²) in [7, 11) is -1.85. The summed E-state index contributed by atoms with van der Waals surface area (Å²) in [5.74, 6) is -0.152. The van der Waals surface area contributed by atoms with Crippen molar-refractivity contribution in [1.82, 2.24) is 9.80 Å². The fourth-order valence-corrected chi connectivity index (χ4v) is 3.83. The number of fused-ring (bicyclic) bond motifs is 1. The van der Waals surface area contributed by atoms with Crippen molar-refractivity contribution in [2.45, 2.75) is 13.0 Å². The third-order valence-corrected chi connectivity index (χ3v) is 5.74. The van der Waals surface area contributed by atoms with Crippen LogP contribution in [0, 0.1) is 0 Å². The van der Waals surface area contributed by atoms with Gasteiger partial charge in [0.1, 0.15) is 0 Å². The van der Waals surface area contributed by atoms with Crippen LogP contribution in [0.2, 0.25) is 5.02 Å². The number of hydrogen-bond acceptors (Lipinski definition) is 4. The summed E-state index contributed by atoms with van der Waals surface area (Å²) in [6, 6.07) is 7.06. The van der Waals surface area contributed by atoms with Gasteiger partial charge in [-0.05, 0) is 36.8 Å². The Bertz CT molecular complexity index is 888. The van der Waals surface area contributed by atoms with Crippen LogP contribution in [0.15, 0.2) is 52.6 Å². The van der Waals surface area contributed by atoms with Gasteiger partial charge < -0.3 is 9.80 Å². The van der Waals surface area contributed by atoms with Crippen LogP contribution in [-0.2, 0) is 14.8 Å². The normalized spacial score (nSPS) is 19.6. The molecule has 0 saturated carbocycles. The summed E-state index contributed by atoms with van der Waals surface area (Å²) >= 11 is 5.91. The number of rotatable bonds is 3. The van der Waals surface area contributed by atoms with E-state index in [4.69, 9.17) is 11.6 Å². The highest BCUT2D eigenvalue weighted by atomic mass is 35.5. The fraction of sp³-hybridized carbons (Fsp3) is 0.294. The van der Waals surface area contributed by atoms with Crippen LogP contribution in [0.25, 0.3) is 0 Å². The SMILES string of the molecule is CC(c1ccc(Cl)cc1)N(C)C(=O)C1=CC=CN2CCS(=O)(=O)N=C12. The first-order valence-corrected chi connectivity index (χ1v) is 9.78. The highest BCUT2D eigenvalue weighted by Crippen LogP contribution is 2.25. The molecule has 0 aromatic heterocycles. The molecule has 0 bridgehead atoms. The molecule has 1 atom stereocenters. The Labute approximate surface area is 152 Å². The smallest absolute Gasteiger partial charge is 0.257 e. The van der Waals surface area contributed by atoms with E-state index >= 15 is 0 Å². The number of carbonyl (C=O) groups is 1. The van der Waals surface area contributed by atoms with E-state index < -0.39 is 10.0 Å². The highest BCUT2D eigenvalue weighted by molar-refractivity contribution is 7.90. The van der Waals surface area contributed by atoms with Crippen molar-refractivity contribution in [3.63, 3.8) is 0 Å². The molecule has 1 unspecified atom stereocenters. The number of hydrogen-bond donors (Lipinski definition) is 0. The maximum atomic E-state index is 12.9. The third kappa shape index (κ3) is 3.62. The molecule has 2 aliphatic rings. The summed E-state index contributed by atoms with van der Waals surface area (Å²) in [4.78, 5) is 16.2. The molecule has 0 saturated heterocycles. The average Bonchev–Trinajstić information content (AvgIpc) is 2.59. The van der Waals surface area contributed by atoms with E-state index in [1.165, 1.54) is 0 Å². The number of sulfonamides is 1. The van der Waals surface area contributed by atoms with E-state index in [0.29, 0.717) is 11.6 Å².